The minimum atomic E-state index is -0.706. The van der Waals surface area contributed by atoms with Gasteiger partial charge in [0.15, 0.2) is 0 Å². The Balaban J connectivity index is 1.71. The summed E-state index contributed by atoms with van der Waals surface area (Å²) in [6, 6.07) is 6.50. The van der Waals surface area contributed by atoms with Gasteiger partial charge in [0.25, 0.3) is 0 Å². The summed E-state index contributed by atoms with van der Waals surface area (Å²) < 4.78 is 28.0. The predicted octanol–water partition coefficient (Wildman–Crippen LogP) is -3.17. The normalized spacial score (nSPS) is 18.4. The molecule has 1 amide bonds. The van der Waals surface area contributed by atoms with Gasteiger partial charge in [-0.05, 0) is 0 Å². The molecule has 1 unspecified atom stereocenters. The summed E-state index contributed by atoms with van der Waals surface area (Å²) in [6.07, 6.45) is 4.08. The molecule has 0 fully saturated rings. The van der Waals surface area contributed by atoms with Gasteiger partial charge in [-0.15, -0.1) is 0 Å². The molecule has 0 saturated carbocycles. The molecule has 31 heavy (non-hydrogen) atoms. The van der Waals surface area contributed by atoms with Gasteiger partial charge >= 0.3 is 201 Å². The number of aromatic amines is 1. The number of hydrogen-bond donors (Lipinski definition) is 3. The number of alkyl halides is 1. The molecule has 2 aliphatic rings. The molecular formula is C20H18FI2N5O3-2. The molecule has 5 rings (SSSR count). The van der Waals surface area contributed by atoms with Crippen molar-refractivity contribution >= 4 is 17.3 Å². The predicted molar refractivity (Wildman–Crippen MR) is 104 cm³/mol. The van der Waals surface area contributed by atoms with Crippen LogP contribution in [0.2, 0.25) is 0 Å². The van der Waals surface area contributed by atoms with Gasteiger partial charge in [-0.3, -0.25) is 0 Å². The van der Waals surface area contributed by atoms with Crippen LogP contribution in [-0.4, -0.2) is 35.4 Å². The second kappa shape index (κ2) is 8.43. The number of pyridine rings is 1. The number of carbonyl (C=O) groups excluding carboxylic acids is 1. The van der Waals surface area contributed by atoms with E-state index in [0.717, 1.165) is 11.3 Å². The van der Waals surface area contributed by atoms with Crippen molar-refractivity contribution in [3.63, 3.8) is 0 Å². The Morgan fingerprint density at radius 3 is 3.10 bits per heavy atom. The van der Waals surface area contributed by atoms with E-state index in [4.69, 9.17) is 7.80 Å². The summed E-state index contributed by atoms with van der Waals surface area (Å²) in [5.74, 6) is 0.111. The Morgan fingerprint density at radius 2 is 2.26 bits per heavy atom. The third-order valence-corrected chi connectivity index (χ3v) is 10.7. The third kappa shape index (κ3) is 3.82. The zero-order valence-electron chi connectivity index (χ0n) is 16.5. The van der Waals surface area contributed by atoms with Crippen LogP contribution in [0.3, 0.4) is 0 Å². The SMILES string of the molecule is COc1c(F)cccc1Nc1c2[nH]c3c1C(=O)NC(C3)[I-]N(C)[I-]Oc1cnccc1-2. The van der Waals surface area contributed by atoms with E-state index >= 15 is 0 Å². The summed E-state index contributed by atoms with van der Waals surface area (Å²) in [5, 5.41) is 6.40. The number of amides is 1. The topological polar surface area (TPSA) is 91.5 Å². The monoisotopic (exact) mass is 649 g/mol. The minimum absolute atomic E-state index is 0.0782. The van der Waals surface area contributed by atoms with Crippen LogP contribution in [0, 0.1) is 5.82 Å². The van der Waals surface area contributed by atoms with Crippen molar-refractivity contribution < 1.29 is 60.4 Å². The molecule has 0 spiro atoms. The number of fused-ring (bicyclic) bond motifs is 4. The number of aromatic nitrogens is 2. The summed E-state index contributed by atoms with van der Waals surface area (Å²) in [4.78, 5) is 20.8. The van der Waals surface area contributed by atoms with E-state index in [2.05, 4.69) is 21.9 Å². The number of ether oxygens (including phenoxy) is 1. The first-order valence-electron chi connectivity index (χ1n) is 9.34. The van der Waals surface area contributed by atoms with Crippen LogP contribution in [0.15, 0.2) is 36.7 Å². The summed E-state index contributed by atoms with van der Waals surface area (Å²) in [5.41, 5.74) is 3.89. The van der Waals surface area contributed by atoms with Gasteiger partial charge in [0.2, 0.25) is 0 Å². The molecule has 2 aromatic heterocycles. The van der Waals surface area contributed by atoms with E-state index in [1.165, 1.54) is 13.2 Å². The maximum atomic E-state index is 14.3. The Bertz CT molecular complexity index is 1170. The third-order valence-electron chi connectivity index (χ3n) is 4.93. The summed E-state index contributed by atoms with van der Waals surface area (Å²) >= 11 is -1.16. The number of para-hydroxylation sites is 1. The van der Waals surface area contributed by atoms with Crippen molar-refractivity contribution in [3.8, 4) is 22.8 Å². The average Bonchev–Trinajstić information content (AvgIpc) is 3.10. The van der Waals surface area contributed by atoms with Crippen molar-refractivity contribution in [1.29, 1.82) is 0 Å². The number of carbonyl (C=O) groups is 1. The van der Waals surface area contributed by atoms with E-state index in [-0.39, 0.29) is 15.7 Å². The van der Waals surface area contributed by atoms with Crippen molar-refractivity contribution in [2.75, 3.05) is 19.5 Å². The fraction of sp³-hybridized carbons (Fsp3) is 0.200. The zero-order chi connectivity index (χ0) is 21.5. The van der Waals surface area contributed by atoms with Crippen LogP contribution >= 0.6 is 0 Å². The number of nitrogens with zero attached hydrogens (tertiary/aromatic N) is 2. The van der Waals surface area contributed by atoms with E-state index in [1.54, 1.807) is 24.5 Å². The standard InChI is InChI=1S/C20H18FI2N5O3/c1-28-22-15-8-13-16(20(29)27-15)18(25-12-5-3-4-11(21)19(12)30-2)17(26-13)10-6-7-24-9-14(10)31-23-28/h3-7,9,15,25-26H,8H2,1-2H3,(H,27,29)/q-2. The molecule has 3 aromatic rings. The van der Waals surface area contributed by atoms with Gasteiger partial charge in [-0.1, -0.05) is 0 Å². The molecule has 8 nitrogen and oxygen atoms in total. The summed E-state index contributed by atoms with van der Waals surface area (Å²) in [7, 11) is 3.46. The van der Waals surface area contributed by atoms with Crippen LogP contribution in [-0.2, 0) is 6.42 Å². The van der Waals surface area contributed by atoms with Crippen LogP contribution in [0.1, 0.15) is 16.1 Å². The molecule has 0 aliphatic carbocycles. The molecule has 1 atom stereocenters. The average molecular weight is 649 g/mol. The zero-order valence-corrected chi connectivity index (χ0v) is 20.8. The summed E-state index contributed by atoms with van der Waals surface area (Å²) in [6.45, 7) is 0. The Morgan fingerprint density at radius 1 is 1.39 bits per heavy atom. The molecule has 4 heterocycles. The van der Waals surface area contributed by atoms with Gasteiger partial charge in [0.05, 0.1) is 0 Å². The van der Waals surface area contributed by atoms with Crippen molar-refractivity contribution in [3.05, 3.63) is 53.7 Å². The fourth-order valence-electron chi connectivity index (χ4n) is 3.65. The Kier molecular flexibility index (Phi) is 5.64. The first kappa shape index (κ1) is 20.8. The quantitative estimate of drug-likeness (QED) is 0.120. The number of anilines is 2. The number of rotatable bonds is 3. The van der Waals surface area contributed by atoms with Crippen molar-refractivity contribution in [2.24, 2.45) is 0 Å². The van der Waals surface area contributed by atoms with Gasteiger partial charge in [-0.25, -0.2) is 0 Å². The number of benzene rings is 1. The van der Waals surface area contributed by atoms with Crippen molar-refractivity contribution in [2.45, 2.75) is 10.5 Å². The number of hydrogen-bond acceptors (Lipinski definition) is 6. The fourth-order valence-corrected chi connectivity index (χ4v) is 9.33. The van der Waals surface area contributed by atoms with E-state index in [1.807, 2.05) is 13.1 Å². The van der Waals surface area contributed by atoms with Gasteiger partial charge in [0, 0.05) is 0 Å². The second-order valence-electron chi connectivity index (χ2n) is 6.84. The second-order valence-corrected chi connectivity index (χ2v) is 14.5. The molecule has 164 valence electrons. The Hall–Kier alpha value is -2.13. The van der Waals surface area contributed by atoms with Crippen molar-refractivity contribution in [1.82, 2.24) is 16.6 Å². The molecule has 1 aromatic carbocycles. The number of H-pyrrole nitrogens is 1. The molecule has 11 heteroatoms. The molecule has 0 radical (unpaired) electrons. The number of nitrogens with one attached hydrogen (secondary N) is 3. The maximum absolute atomic E-state index is 14.3. The number of methoxy groups -OCH3 is 1. The van der Waals surface area contributed by atoms with Crippen LogP contribution in [0.5, 0.6) is 11.5 Å². The van der Waals surface area contributed by atoms with E-state index in [0.29, 0.717) is 34.8 Å². The van der Waals surface area contributed by atoms with Crippen LogP contribution in [0.4, 0.5) is 15.8 Å². The van der Waals surface area contributed by atoms with Gasteiger partial charge in [0.1, 0.15) is 0 Å². The molecule has 2 aliphatic heterocycles. The van der Waals surface area contributed by atoms with Crippen LogP contribution < -0.4 is 61.8 Å². The first-order chi connectivity index (χ1) is 15.0. The molecule has 3 bridgehead atoms. The number of halogens is 3. The molecule has 0 saturated heterocycles. The van der Waals surface area contributed by atoms with Gasteiger partial charge < -0.3 is 0 Å². The molecular weight excluding hydrogens is 631 g/mol. The van der Waals surface area contributed by atoms with E-state index < -0.39 is 49.2 Å². The van der Waals surface area contributed by atoms with E-state index in [9.17, 15) is 9.18 Å². The Labute approximate surface area is 199 Å². The first-order valence-corrected chi connectivity index (χ1v) is 13.4. The molecule has 3 N–H and O–H groups in total. The van der Waals surface area contributed by atoms with Crippen LogP contribution in [0.25, 0.3) is 11.3 Å². The van der Waals surface area contributed by atoms with Gasteiger partial charge in [-0.2, -0.15) is 0 Å².